The Hall–Kier alpha value is -3.97. The zero-order chi connectivity index (χ0) is 24.6. The molecule has 1 N–H and O–H groups in total. The quantitative estimate of drug-likeness (QED) is 0.314. The van der Waals surface area contributed by atoms with Crippen LogP contribution in [0, 0.1) is 10.1 Å². The Bertz CT molecular complexity index is 1550. The van der Waals surface area contributed by atoms with Gasteiger partial charge in [-0.15, -0.1) is 5.10 Å². The van der Waals surface area contributed by atoms with Crippen molar-refractivity contribution in [1.82, 2.24) is 29.3 Å². The maximum absolute atomic E-state index is 13.2. The summed E-state index contributed by atoms with van der Waals surface area (Å²) in [6.45, 7) is 0.808. The highest BCUT2D eigenvalue weighted by Gasteiger charge is 2.32. The Morgan fingerprint density at radius 3 is 2.57 bits per heavy atom. The van der Waals surface area contributed by atoms with Crippen molar-refractivity contribution in [2.45, 2.75) is 30.2 Å². The lowest BCUT2D eigenvalue weighted by molar-refractivity contribution is -0.384. The number of rotatable bonds is 6. The van der Waals surface area contributed by atoms with E-state index in [9.17, 15) is 23.3 Å². The molecule has 0 aliphatic carbocycles. The number of nitro groups is 1. The number of piperidine rings is 1. The van der Waals surface area contributed by atoms with Crippen molar-refractivity contribution in [2.75, 3.05) is 13.1 Å². The summed E-state index contributed by atoms with van der Waals surface area (Å²) >= 11 is 0. The molecule has 2 aromatic carbocycles. The Labute approximate surface area is 199 Å². The summed E-state index contributed by atoms with van der Waals surface area (Å²) in [4.78, 5) is 30.4. The van der Waals surface area contributed by atoms with E-state index in [-0.39, 0.29) is 28.6 Å². The van der Waals surface area contributed by atoms with Crippen molar-refractivity contribution in [3.8, 4) is 0 Å². The lowest BCUT2D eigenvalue weighted by Crippen LogP contribution is -2.39. The van der Waals surface area contributed by atoms with Gasteiger partial charge in [0.2, 0.25) is 10.0 Å². The number of sulfonamides is 1. The van der Waals surface area contributed by atoms with E-state index >= 15 is 0 Å². The Balaban J connectivity index is 1.43. The second-order valence-corrected chi connectivity index (χ2v) is 10.2. The second kappa shape index (κ2) is 9.00. The van der Waals surface area contributed by atoms with Crippen LogP contribution in [0.5, 0.6) is 0 Å². The Morgan fingerprint density at radius 1 is 1.11 bits per heavy atom. The number of aromatic amines is 1. The molecule has 0 amide bonds. The molecule has 2 aromatic heterocycles. The van der Waals surface area contributed by atoms with E-state index in [0.717, 1.165) is 5.56 Å². The molecule has 4 aromatic rings. The van der Waals surface area contributed by atoms with Crippen molar-refractivity contribution in [1.29, 1.82) is 0 Å². The van der Waals surface area contributed by atoms with Crippen LogP contribution in [0.2, 0.25) is 0 Å². The molecule has 1 aliphatic heterocycles. The number of fused-ring (bicyclic) bond motifs is 1. The molecule has 12 nitrogen and oxygen atoms in total. The van der Waals surface area contributed by atoms with Crippen LogP contribution in [0.3, 0.4) is 0 Å². The van der Waals surface area contributed by atoms with Crippen LogP contribution in [0.1, 0.15) is 30.1 Å². The number of H-pyrrole nitrogens is 1. The zero-order valence-electron chi connectivity index (χ0n) is 18.4. The van der Waals surface area contributed by atoms with Gasteiger partial charge in [0.05, 0.1) is 16.4 Å². The van der Waals surface area contributed by atoms with Crippen LogP contribution >= 0.6 is 0 Å². The van der Waals surface area contributed by atoms with E-state index in [1.54, 1.807) is 4.68 Å². The maximum Gasteiger partial charge on any atom is 0.281 e. The van der Waals surface area contributed by atoms with Crippen molar-refractivity contribution in [3.63, 3.8) is 0 Å². The first kappa shape index (κ1) is 22.8. The highest BCUT2D eigenvalue weighted by molar-refractivity contribution is 7.89. The number of nitrogens with zero attached hydrogens (tertiary/aromatic N) is 6. The third-order valence-electron chi connectivity index (χ3n) is 6.02. The number of hydrogen-bond acceptors (Lipinski definition) is 8. The second-order valence-electron chi connectivity index (χ2n) is 8.31. The number of non-ortho nitro benzene ring substituents is 1. The maximum atomic E-state index is 13.2. The monoisotopic (exact) mass is 495 g/mol. The molecule has 1 atom stereocenters. The number of nitrogens with one attached hydrogen (secondary N) is 1. The molecular weight excluding hydrogens is 474 g/mol. The van der Waals surface area contributed by atoms with Gasteiger partial charge >= 0.3 is 0 Å². The minimum Gasteiger partial charge on any atom is -0.308 e. The van der Waals surface area contributed by atoms with Crippen LogP contribution in [0.25, 0.3) is 11.2 Å². The average molecular weight is 496 g/mol. The van der Waals surface area contributed by atoms with Gasteiger partial charge in [-0.25, -0.2) is 18.1 Å². The lowest BCUT2D eigenvalue weighted by atomic mass is 9.99. The molecule has 0 bridgehead atoms. The number of aromatic nitrogens is 5. The molecule has 5 rings (SSSR count). The molecule has 0 saturated carbocycles. The van der Waals surface area contributed by atoms with Crippen LogP contribution in [-0.4, -0.2) is 55.7 Å². The van der Waals surface area contributed by atoms with E-state index < -0.39 is 20.5 Å². The van der Waals surface area contributed by atoms with Crippen LogP contribution in [0.4, 0.5) is 5.69 Å². The highest BCUT2D eigenvalue weighted by Crippen LogP contribution is 2.29. The predicted molar refractivity (Wildman–Crippen MR) is 125 cm³/mol. The lowest BCUT2D eigenvalue weighted by Gasteiger charge is -2.31. The molecule has 35 heavy (non-hydrogen) atoms. The van der Waals surface area contributed by atoms with Gasteiger partial charge in [0.25, 0.3) is 11.2 Å². The minimum absolute atomic E-state index is 0.0224. The molecule has 0 spiro atoms. The third-order valence-corrected chi connectivity index (χ3v) is 7.90. The third kappa shape index (κ3) is 4.42. The van der Waals surface area contributed by atoms with Gasteiger partial charge in [0.1, 0.15) is 5.82 Å². The summed E-state index contributed by atoms with van der Waals surface area (Å²) in [6.07, 6.45) is 1.21. The fraction of sp³-hybridized carbons (Fsp3) is 0.273. The van der Waals surface area contributed by atoms with Gasteiger partial charge in [-0.05, 0) is 30.5 Å². The van der Waals surface area contributed by atoms with Gasteiger partial charge < -0.3 is 4.98 Å². The van der Waals surface area contributed by atoms with Crippen molar-refractivity contribution in [3.05, 3.63) is 86.5 Å². The van der Waals surface area contributed by atoms with E-state index in [1.807, 2.05) is 30.3 Å². The molecule has 3 heterocycles. The zero-order valence-corrected chi connectivity index (χ0v) is 19.3. The smallest absolute Gasteiger partial charge is 0.281 e. The first-order valence-corrected chi connectivity index (χ1v) is 12.4. The molecular formula is C22H21N7O5S. The molecule has 1 fully saturated rings. The van der Waals surface area contributed by atoms with Gasteiger partial charge in [-0.3, -0.25) is 14.9 Å². The first-order valence-electron chi connectivity index (χ1n) is 10.9. The number of nitro benzene ring substituents is 1. The van der Waals surface area contributed by atoms with Gasteiger partial charge in [0, 0.05) is 31.1 Å². The highest BCUT2D eigenvalue weighted by atomic mass is 32.2. The molecule has 0 unspecified atom stereocenters. The first-order chi connectivity index (χ1) is 16.8. The number of benzene rings is 2. The molecule has 1 saturated heterocycles. The summed E-state index contributed by atoms with van der Waals surface area (Å²) in [7, 11) is -3.88. The van der Waals surface area contributed by atoms with Crippen molar-refractivity contribution < 1.29 is 13.3 Å². The van der Waals surface area contributed by atoms with E-state index in [2.05, 4.69) is 20.3 Å². The SMILES string of the molecule is O=c1[nH]c([C@H]2CCCN(S(=O)(=O)c3ccc([N+](=O)[O-])cc3)C2)nc2c1nnn2Cc1ccccc1. The predicted octanol–water partition coefficient (Wildman–Crippen LogP) is 2.04. The summed E-state index contributed by atoms with van der Waals surface area (Å²) < 4.78 is 29.2. The van der Waals surface area contributed by atoms with Gasteiger partial charge in [-0.2, -0.15) is 4.31 Å². The van der Waals surface area contributed by atoms with Crippen LogP contribution < -0.4 is 5.56 Å². The Kier molecular flexibility index (Phi) is 5.86. The summed E-state index contributed by atoms with van der Waals surface area (Å²) in [5.74, 6) is 0.0384. The molecule has 0 radical (unpaired) electrons. The normalized spacial score (nSPS) is 17.0. The van der Waals surface area contributed by atoms with Crippen LogP contribution in [0.15, 0.2) is 64.3 Å². The summed E-state index contributed by atoms with van der Waals surface area (Å²) in [5.41, 5.74) is 0.815. The van der Waals surface area contributed by atoms with Crippen molar-refractivity contribution >= 4 is 26.9 Å². The van der Waals surface area contributed by atoms with E-state index in [1.165, 1.54) is 28.6 Å². The largest absolute Gasteiger partial charge is 0.308 e. The average Bonchev–Trinajstić information content (AvgIpc) is 3.28. The molecule has 180 valence electrons. The van der Waals surface area contributed by atoms with Crippen LogP contribution in [-0.2, 0) is 16.6 Å². The van der Waals surface area contributed by atoms with E-state index in [0.29, 0.717) is 37.4 Å². The Morgan fingerprint density at radius 2 is 1.86 bits per heavy atom. The van der Waals surface area contributed by atoms with Gasteiger partial charge in [-0.1, -0.05) is 35.5 Å². The summed E-state index contributed by atoms with van der Waals surface area (Å²) in [5, 5.41) is 18.9. The fourth-order valence-corrected chi connectivity index (χ4v) is 5.74. The fourth-order valence-electron chi connectivity index (χ4n) is 4.21. The molecule has 1 aliphatic rings. The topological polar surface area (TPSA) is 157 Å². The summed E-state index contributed by atoms with van der Waals surface area (Å²) in [6, 6.07) is 14.4. The van der Waals surface area contributed by atoms with Gasteiger partial charge in [0.15, 0.2) is 11.2 Å². The van der Waals surface area contributed by atoms with E-state index in [4.69, 9.17) is 0 Å². The minimum atomic E-state index is -3.88. The standard InChI is InChI=1S/C22H21N7O5S/c30-22-19-21(28(26-25-19)13-15-5-2-1-3-6-15)23-20(24-22)16-7-4-12-27(14-16)35(33,34)18-10-8-17(9-11-18)29(31)32/h1-3,5-6,8-11,16H,4,7,12-14H2,(H,23,24,30)/t16-/m0/s1. The van der Waals surface area contributed by atoms with Crippen molar-refractivity contribution in [2.24, 2.45) is 0 Å². The molecule has 13 heteroatoms. The number of hydrogen-bond donors (Lipinski definition) is 1.